The van der Waals surface area contributed by atoms with Crippen molar-refractivity contribution < 1.29 is 59.2 Å². The number of carbonyl (C=O) groups excluding carboxylic acids is 1. The molecule has 3 aromatic carbocycles. The van der Waals surface area contributed by atoms with Gasteiger partial charge in [0.1, 0.15) is 46.6 Å². The smallest absolute Gasteiger partial charge is 0.335 e. The highest BCUT2D eigenvalue weighted by Crippen LogP contribution is 2.69. The fourth-order valence-electron chi connectivity index (χ4n) is 11.0. The van der Waals surface area contributed by atoms with Crippen LogP contribution >= 0.6 is 0 Å². The van der Waals surface area contributed by atoms with E-state index in [1.165, 1.54) is 6.07 Å². The Hall–Kier alpha value is -6.24. The summed E-state index contributed by atoms with van der Waals surface area (Å²) in [4.78, 5) is 43.3. The second-order valence-corrected chi connectivity index (χ2v) is 16.8. The van der Waals surface area contributed by atoms with Crippen LogP contribution in [0.25, 0.3) is 33.9 Å². The number of nitrogens with two attached hydrogens (primary N) is 2. The van der Waals surface area contributed by atoms with Gasteiger partial charge in [0.25, 0.3) is 0 Å². The van der Waals surface area contributed by atoms with E-state index in [-0.39, 0.29) is 29.1 Å². The van der Waals surface area contributed by atoms with Crippen LogP contribution < -0.4 is 26.9 Å². The first-order valence-corrected chi connectivity index (χ1v) is 19.8. The first-order chi connectivity index (χ1) is 29.1. The molecule has 4 aliphatic carbocycles. The van der Waals surface area contributed by atoms with Crippen molar-refractivity contribution in [2.24, 2.45) is 39.6 Å². The van der Waals surface area contributed by atoms with Gasteiger partial charge in [0.05, 0.1) is 6.54 Å². The molecule has 2 saturated carbocycles. The standard InChI is InChI=1S/C44H44N4O13/c1-47-31-11-19-8-9-42-15-21(19)16-43(31,18-49)36(42)25(10-20-4-2-3-5-26(20)42)24-12-22(50)6-7-23(24)28-13-27(51)32-29(59-28)14-30(33(52)34(32)53)60-40-38(55)44(58,17-48-41(45)46)37(54)35(61-40)39(56)57/h2-10,12-14,18-19,21,31,35-38,40,47,50,52-55,58H,11,15-17H2,1H3,(H,56,57)(H4,45,46,48). The van der Waals surface area contributed by atoms with Crippen LogP contribution in [0.4, 0.5) is 0 Å². The van der Waals surface area contributed by atoms with Crippen molar-refractivity contribution in [1.29, 1.82) is 0 Å². The highest BCUT2D eigenvalue weighted by atomic mass is 16.7. The number of carboxylic acid groups (broad SMARTS) is 1. The molecule has 3 bridgehead atoms. The lowest BCUT2D eigenvalue weighted by Gasteiger charge is -2.65. The Labute approximate surface area is 346 Å². The van der Waals surface area contributed by atoms with Crippen molar-refractivity contribution in [2.45, 2.75) is 60.9 Å². The summed E-state index contributed by atoms with van der Waals surface area (Å²) in [5.74, 6) is -4.99. The largest absolute Gasteiger partial charge is 0.508 e. The van der Waals surface area contributed by atoms with E-state index in [2.05, 4.69) is 28.5 Å². The zero-order chi connectivity index (χ0) is 43.3. The van der Waals surface area contributed by atoms with Crippen molar-refractivity contribution in [3.8, 4) is 34.3 Å². The minimum atomic E-state index is -2.76. The number of carboxylic acids is 1. The Balaban J connectivity index is 1.19. The maximum absolute atomic E-state index is 13.9. The number of fused-ring (bicyclic) bond motifs is 4. The molecule has 17 heteroatoms. The molecule has 0 radical (unpaired) electrons. The summed E-state index contributed by atoms with van der Waals surface area (Å²) < 4.78 is 17.3. The fraction of sp³-hybridized carbons (Fsp3) is 0.364. The molecular formula is C44H44N4O13. The van der Waals surface area contributed by atoms with Crippen LogP contribution in [0.3, 0.4) is 0 Å². The molecule has 12 N–H and O–H groups in total. The molecule has 1 saturated heterocycles. The number of aliphatic hydroxyl groups is 3. The summed E-state index contributed by atoms with van der Waals surface area (Å²) in [5, 5.41) is 79.2. The number of aromatic hydroxyl groups is 3. The van der Waals surface area contributed by atoms with Gasteiger partial charge in [-0.25, -0.2) is 4.79 Å². The van der Waals surface area contributed by atoms with Crippen molar-refractivity contribution >= 4 is 40.8 Å². The molecule has 17 nitrogen and oxygen atoms in total. The lowest BCUT2D eigenvalue weighted by atomic mass is 9.39. The quantitative estimate of drug-likeness (QED) is 0.0377. The number of nitrogens with one attached hydrogen (secondary N) is 1. The summed E-state index contributed by atoms with van der Waals surface area (Å²) >= 11 is 0. The maximum Gasteiger partial charge on any atom is 0.335 e. The van der Waals surface area contributed by atoms with Gasteiger partial charge in [0.15, 0.2) is 29.0 Å². The van der Waals surface area contributed by atoms with Crippen LogP contribution in [-0.4, -0.2) is 104 Å². The number of aldehydes is 1. The van der Waals surface area contributed by atoms with E-state index in [1.807, 2.05) is 31.3 Å². The predicted molar refractivity (Wildman–Crippen MR) is 218 cm³/mol. The van der Waals surface area contributed by atoms with Crippen molar-refractivity contribution in [2.75, 3.05) is 13.6 Å². The number of hydrogen-bond acceptors (Lipinski definition) is 14. The summed E-state index contributed by atoms with van der Waals surface area (Å²) in [7, 11) is 1.87. The van der Waals surface area contributed by atoms with E-state index in [0.29, 0.717) is 23.5 Å². The number of ether oxygens (including phenoxy) is 2. The van der Waals surface area contributed by atoms with E-state index in [1.54, 1.807) is 12.1 Å². The number of allylic oxidation sites excluding steroid dienone is 3. The molecule has 0 amide bonds. The SMILES string of the molecule is CNC1CC2C=CC34CC2CC1(C=O)C3C(c1cc(O)ccc1-c1cc(=O)c2c(O)c(O)c(OC3OC(C(=O)O)C(O)C(O)(CN=C(N)N)C3O)cc2o1)=Cc1ccccc14. The van der Waals surface area contributed by atoms with Gasteiger partial charge in [-0.3, -0.25) is 9.79 Å². The highest BCUT2D eigenvalue weighted by molar-refractivity contribution is 5.96. The molecule has 1 aliphatic heterocycles. The lowest BCUT2D eigenvalue weighted by Crippen LogP contribution is -2.70. The third-order valence-electron chi connectivity index (χ3n) is 13.7. The molecule has 318 valence electrons. The second-order valence-electron chi connectivity index (χ2n) is 16.8. The molecule has 11 atom stereocenters. The summed E-state index contributed by atoms with van der Waals surface area (Å²) in [6.45, 7) is -0.891. The molecule has 3 fully saturated rings. The Kier molecular flexibility index (Phi) is 9.33. The van der Waals surface area contributed by atoms with E-state index in [9.17, 15) is 50.1 Å². The predicted octanol–water partition coefficient (Wildman–Crippen LogP) is 1.67. The number of nitrogens with zero attached hydrogens (tertiary/aromatic N) is 1. The summed E-state index contributed by atoms with van der Waals surface area (Å²) in [6, 6.07) is 14.5. The van der Waals surface area contributed by atoms with Gasteiger partial charge >= 0.3 is 5.97 Å². The van der Waals surface area contributed by atoms with E-state index < -0.39 is 93.5 Å². The first kappa shape index (κ1) is 40.2. The topological polar surface area (TPSA) is 301 Å². The monoisotopic (exact) mass is 836 g/mol. The van der Waals surface area contributed by atoms with Gasteiger partial charge in [-0.05, 0) is 78.6 Å². The number of guanidine groups is 1. The van der Waals surface area contributed by atoms with Crippen molar-refractivity contribution in [3.05, 3.63) is 93.7 Å². The highest BCUT2D eigenvalue weighted by Gasteiger charge is 2.66. The van der Waals surface area contributed by atoms with Crippen LogP contribution in [0, 0.1) is 23.2 Å². The van der Waals surface area contributed by atoms with E-state index in [0.717, 1.165) is 48.0 Å². The zero-order valence-electron chi connectivity index (χ0n) is 32.6. The van der Waals surface area contributed by atoms with Gasteiger partial charge in [0, 0.05) is 40.5 Å². The molecule has 9 rings (SSSR count). The van der Waals surface area contributed by atoms with Crippen molar-refractivity contribution in [3.63, 3.8) is 0 Å². The minimum absolute atomic E-state index is 0.0335. The van der Waals surface area contributed by atoms with Gasteiger partial charge in [-0.1, -0.05) is 42.5 Å². The van der Waals surface area contributed by atoms with Gasteiger partial charge in [-0.2, -0.15) is 0 Å². The van der Waals surface area contributed by atoms with Gasteiger partial charge < -0.3 is 71.2 Å². The van der Waals surface area contributed by atoms with Gasteiger partial charge in [0.2, 0.25) is 12.0 Å². The first-order valence-electron chi connectivity index (χ1n) is 19.8. The molecule has 2 heterocycles. The van der Waals surface area contributed by atoms with Gasteiger partial charge in [-0.15, -0.1) is 0 Å². The second kappa shape index (κ2) is 14.2. The number of aliphatic hydroxyl groups excluding tert-OH is 2. The molecule has 61 heavy (non-hydrogen) atoms. The minimum Gasteiger partial charge on any atom is -0.508 e. The lowest BCUT2D eigenvalue weighted by molar-refractivity contribution is -0.303. The number of carbonyl (C=O) groups is 2. The summed E-state index contributed by atoms with van der Waals surface area (Å²) in [5.41, 5.74) is 9.01. The number of rotatable bonds is 9. The van der Waals surface area contributed by atoms with E-state index >= 15 is 0 Å². The molecule has 5 aliphatic rings. The molecule has 1 aromatic heterocycles. The van der Waals surface area contributed by atoms with Crippen LogP contribution in [0.15, 0.2) is 81.0 Å². The van der Waals surface area contributed by atoms with Crippen LogP contribution in [0.1, 0.15) is 36.0 Å². The Morgan fingerprint density at radius 2 is 1.80 bits per heavy atom. The Morgan fingerprint density at radius 3 is 2.52 bits per heavy atom. The molecular weight excluding hydrogens is 792 g/mol. The van der Waals surface area contributed by atoms with Crippen LogP contribution in [-0.2, 0) is 19.7 Å². The molecule has 4 aromatic rings. The normalized spacial score (nSPS) is 33.3. The fourth-order valence-corrected chi connectivity index (χ4v) is 11.0. The third kappa shape index (κ3) is 5.86. The van der Waals surface area contributed by atoms with Crippen LogP contribution in [0.2, 0.25) is 0 Å². The van der Waals surface area contributed by atoms with Crippen LogP contribution in [0.5, 0.6) is 23.0 Å². The number of phenolic OH excluding ortho intramolecular Hbond substituents is 3. The Morgan fingerprint density at radius 1 is 1.03 bits per heavy atom. The zero-order valence-corrected chi connectivity index (χ0v) is 32.6. The number of phenols is 3. The number of benzene rings is 3. The molecule has 11 unspecified atom stereocenters. The Bertz CT molecular complexity index is 2660. The maximum atomic E-state index is 13.9. The average molecular weight is 837 g/mol. The molecule has 1 spiro atoms. The summed E-state index contributed by atoms with van der Waals surface area (Å²) in [6.07, 6.45) is 1.03. The number of aliphatic imine (C=N–C) groups is 1. The van der Waals surface area contributed by atoms with E-state index in [4.69, 9.17) is 25.4 Å². The number of aliphatic carboxylic acids is 1. The average Bonchev–Trinajstić information content (AvgIpc) is 3.23. The number of hydrogen-bond donors (Lipinski definition) is 10. The third-order valence-corrected chi connectivity index (χ3v) is 13.7. The van der Waals surface area contributed by atoms with Crippen molar-refractivity contribution in [1.82, 2.24) is 5.32 Å².